The number of aromatic nitrogens is 3. The summed E-state index contributed by atoms with van der Waals surface area (Å²) in [5.41, 5.74) is 1.84. The molecule has 5 heteroatoms. The predicted octanol–water partition coefficient (Wildman–Crippen LogP) is 2.83. The first-order chi connectivity index (χ1) is 10.6. The number of rotatable bonds is 6. The van der Waals surface area contributed by atoms with Gasteiger partial charge in [-0.25, -0.2) is 0 Å². The Balaban J connectivity index is 2.11. The van der Waals surface area contributed by atoms with Crippen LogP contribution in [0.1, 0.15) is 37.1 Å². The number of carbonyl (C=O) groups excluding carboxylic acids is 1. The first-order valence-electron chi connectivity index (χ1n) is 7.46. The van der Waals surface area contributed by atoms with Gasteiger partial charge < -0.3 is 4.90 Å². The summed E-state index contributed by atoms with van der Waals surface area (Å²) in [6.07, 6.45) is 10.6. The van der Waals surface area contributed by atoms with Gasteiger partial charge in [0.1, 0.15) is 0 Å². The monoisotopic (exact) mass is 298 g/mol. The average molecular weight is 298 g/mol. The van der Waals surface area contributed by atoms with E-state index in [-0.39, 0.29) is 11.9 Å². The molecule has 5 nitrogen and oxygen atoms in total. The van der Waals surface area contributed by atoms with E-state index in [9.17, 15) is 4.79 Å². The molecule has 1 atom stereocenters. The number of carbonyl (C=O) groups is 1. The molecule has 0 fully saturated rings. The normalized spacial score (nSPS) is 12.5. The van der Waals surface area contributed by atoms with Crippen LogP contribution in [-0.4, -0.2) is 32.6 Å². The molecule has 0 N–H and O–H groups in total. The van der Waals surface area contributed by atoms with Crippen LogP contribution in [-0.2, 0) is 11.8 Å². The van der Waals surface area contributed by atoms with Gasteiger partial charge in [-0.3, -0.25) is 14.5 Å². The van der Waals surface area contributed by atoms with Gasteiger partial charge >= 0.3 is 0 Å². The van der Waals surface area contributed by atoms with Crippen molar-refractivity contribution in [1.82, 2.24) is 19.7 Å². The Labute approximate surface area is 131 Å². The molecule has 116 valence electrons. The molecule has 2 rings (SSSR count). The van der Waals surface area contributed by atoms with Gasteiger partial charge in [-0.2, -0.15) is 5.10 Å². The lowest BCUT2D eigenvalue weighted by molar-refractivity contribution is -0.127. The molecule has 0 radical (unpaired) electrons. The molecule has 0 aliphatic rings. The molecule has 0 aliphatic carbocycles. The second-order valence-corrected chi connectivity index (χ2v) is 5.29. The minimum Gasteiger partial charge on any atom is -0.334 e. The minimum absolute atomic E-state index is 0.00255. The maximum absolute atomic E-state index is 12.4. The van der Waals surface area contributed by atoms with Gasteiger partial charge in [0.05, 0.1) is 17.9 Å². The molecule has 0 aliphatic heterocycles. The highest BCUT2D eigenvalue weighted by atomic mass is 16.2. The molecule has 22 heavy (non-hydrogen) atoms. The molecule has 0 spiro atoms. The Kier molecular flexibility index (Phi) is 5.47. The van der Waals surface area contributed by atoms with Crippen LogP contribution < -0.4 is 0 Å². The molecule has 0 saturated carbocycles. The van der Waals surface area contributed by atoms with E-state index < -0.39 is 0 Å². The van der Waals surface area contributed by atoms with Gasteiger partial charge in [0, 0.05) is 38.1 Å². The van der Waals surface area contributed by atoms with E-state index in [2.05, 4.69) is 17.0 Å². The van der Waals surface area contributed by atoms with Crippen molar-refractivity contribution >= 4 is 12.0 Å². The van der Waals surface area contributed by atoms with Crippen molar-refractivity contribution in [2.24, 2.45) is 7.05 Å². The maximum Gasteiger partial charge on any atom is 0.246 e. The fourth-order valence-corrected chi connectivity index (χ4v) is 2.35. The summed E-state index contributed by atoms with van der Waals surface area (Å²) in [6.45, 7) is 2.11. The minimum atomic E-state index is -0.0343. The van der Waals surface area contributed by atoms with E-state index >= 15 is 0 Å². The van der Waals surface area contributed by atoms with Crippen LogP contribution in [0.2, 0.25) is 0 Å². The third-order valence-corrected chi connectivity index (χ3v) is 3.55. The highest BCUT2D eigenvalue weighted by molar-refractivity contribution is 5.91. The van der Waals surface area contributed by atoms with Gasteiger partial charge in [0.25, 0.3) is 0 Å². The third kappa shape index (κ3) is 4.04. The number of pyridine rings is 1. The Morgan fingerprint density at radius 1 is 1.45 bits per heavy atom. The van der Waals surface area contributed by atoms with Gasteiger partial charge in [-0.1, -0.05) is 19.4 Å². The maximum atomic E-state index is 12.4. The molecule has 0 aromatic carbocycles. The van der Waals surface area contributed by atoms with Gasteiger partial charge in [-0.05, 0) is 24.6 Å². The van der Waals surface area contributed by atoms with Crippen molar-refractivity contribution in [2.75, 3.05) is 7.05 Å². The Hall–Kier alpha value is -2.43. The lowest BCUT2D eigenvalue weighted by Crippen LogP contribution is -2.30. The highest BCUT2D eigenvalue weighted by Gasteiger charge is 2.20. The van der Waals surface area contributed by atoms with Crippen LogP contribution >= 0.6 is 0 Å². The van der Waals surface area contributed by atoms with E-state index in [1.54, 1.807) is 34.1 Å². The lowest BCUT2D eigenvalue weighted by Gasteiger charge is -2.26. The van der Waals surface area contributed by atoms with Gasteiger partial charge in [0.15, 0.2) is 0 Å². The summed E-state index contributed by atoms with van der Waals surface area (Å²) in [7, 11) is 3.68. The summed E-state index contributed by atoms with van der Waals surface area (Å²) in [5.74, 6) is -0.0343. The zero-order valence-corrected chi connectivity index (χ0v) is 13.3. The fraction of sp³-hybridized carbons (Fsp3) is 0.353. The van der Waals surface area contributed by atoms with Crippen LogP contribution in [0, 0.1) is 0 Å². The van der Waals surface area contributed by atoms with E-state index in [0.717, 1.165) is 24.1 Å². The van der Waals surface area contributed by atoms with Crippen molar-refractivity contribution in [3.8, 4) is 0 Å². The van der Waals surface area contributed by atoms with Crippen molar-refractivity contribution in [3.63, 3.8) is 0 Å². The summed E-state index contributed by atoms with van der Waals surface area (Å²) in [4.78, 5) is 18.5. The fourth-order valence-electron chi connectivity index (χ4n) is 2.35. The SMILES string of the molecule is CCCC(c1ccccn1)N(C)C(=O)/C=C/c1cnn(C)c1. The summed E-state index contributed by atoms with van der Waals surface area (Å²) in [5, 5.41) is 4.08. The Bertz CT molecular complexity index is 633. The molecular weight excluding hydrogens is 276 g/mol. The molecule has 2 heterocycles. The summed E-state index contributed by atoms with van der Waals surface area (Å²) < 4.78 is 1.71. The van der Waals surface area contributed by atoms with Crippen LogP contribution in [0.5, 0.6) is 0 Å². The molecule has 0 bridgehead atoms. The van der Waals surface area contributed by atoms with E-state index in [1.165, 1.54) is 0 Å². The van der Waals surface area contributed by atoms with E-state index in [4.69, 9.17) is 0 Å². The van der Waals surface area contributed by atoms with Crippen LogP contribution in [0.4, 0.5) is 0 Å². The lowest BCUT2D eigenvalue weighted by atomic mass is 10.1. The van der Waals surface area contributed by atoms with Crippen LogP contribution in [0.15, 0.2) is 42.9 Å². The quantitative estimate of drug-likeness (QED) is 0.771. The smallest absolute Gasteiger partial charge is 0.246 e. The molecule has 0 saturated heterocycles. The Morgan fingerprint density at radius 3 is 2.86 bits per heavy atom. The second kappa shape index (κ2) is 7.54. The zero-order valence-electron chi connectivity index (χ0n) is 13.3. The van der Waals surface area contributed by atoms with Gasteiger partial charge in [0.2, 0.25) is 5.91 Å². The number of aryl methyl sites for hydroxylation is 1. The molecular formula is C17H22N4O. The number of nitrogens with zero attached hydrogens (tertiary/aromatic N) is 4. The average Bonchev–Trinajstić information content (AvgIpc) is 2.96. The van der Waals surface area contributed by atoms with Crippen LogP contribution in [0.3, 0.4) is 0 Å². The first kappa shape index (κ1) is 15.9. The van der Waals surface area contributed by atoms with Crippen molar-refractivity contribution in [1.29, 1.82) is 0 Å². The molecule has 1 unspecified atom stereocenters. The predicted molar refractivity (Wildman–Crippen MR) is 86.9 cm³/mol. The highest BCUT2D eigenvalue weighted by Crippen LogP contribution is 2.23. The van der Waals surface area contributed by atoms with Gasteiger partial charge in [-0.15, -0.1) is 0 Å². The van der Waals surface area contributed by atoms with E-state index in [0.29, 0.717) is 0 Å². The summed E-state index contributed by atoms with van der Waals surface area (Å²) in [6, 6.07) is 5.80. The third-order valence-electron chi connectivity index (χ3n) is 3.55. The summed E-state index contributed by atoms with van der Waals surface area (Å²) >= 11 is 0. The largest absolute Gasteiger partial charge is 0.334 e. The van der Waals surface area contributed by atoms with Crippen LogP contribution in [0.25, 0.3) is 6.08 Å². The second-order valence-electron chi connectivity index (χ2n) is 5.29. The number of likely N-dealkylation sites (N-methyl/N-ethyl adjacent to an activating group) is 1. The molecule has 2 aromatic heterocycles. The topological polar surface area (TPSA) is 51.0 Å². The standard InChI is InChI=1S/C17H22N4O/c1-4-7-16(15-8-5-6-11-18-15)21(3)17(22)10-9-14-12-19-20(2)13-14/h5-6,8-13,16H,4,7H2,1-3H3/b10-9+. The first-order valence-corrected chi connectivity index (χ1v) is 7.46. The van der Waals surface area contributed by atoms with Crippen molar-refractivity contribution < 1.29 is 4.79 Å². The van der Waals surface area contributed by atoms with Crippen molar-refractivity contribution in [2.45, 2.75) is 25.8 Å². The number of hydrogen-bond acceptors (Lipinski definition) is 3. The number of hydrogen-bond donors (Lipinski definition) is 0. The zero-order chi connectivity index (χ0) is 15.9. The molecule has 2 aromatic rings. The van der Waals surface area contributed by atoms with Crippen molar-refractivity contribution in [3.05, 3.63) is 54.1 Å². The Morgan fingerprint density at radius 2 is 2.27 bits per heavy atom. The number of amides is 1. The van der Waals surface area contributed by atoms with E-state index in [1.807, 2.05) is 38.5 Å². The molecule has 1 amide bonds.